The summed E-state index contributed by atoms with van der Waals surface area (Å²) in [7, 11) is -8.43. The molecule has 0 spiro atoms. The third-order valence-corrected chi connectivity index (χ3v) is 2.89. The van der Waals surface area contributed by atoms with Gasteiger partial charge in [0, 0.05) is 26.2 Å². The average molecular weight is 306 g/mol. The zero-order valence-corrected chi connectivity index (χ0v) is 11.3. The van der Waals surface area contributed by atoms with Crippen molar-refractivity contribution in [1.29, 1.82) is 0 Å². The van der Waals surface area contributed by atoms with Crippen molar-refractivity contribution in [3.63, 3.8) is 0 Å². The van der Waals surface area contributed by atoms with Crippen molar-refractivity contribution < 1.29 is 30.5 Å². The van der Waals surface area contributed by atoms with Gasteiger partial charge in [0.15, 0.2) is 0 Å². The van der Waals surface area contributed by atoms with Crippen LogP contribution in [0.3, 0.4) is 0 Å². The van der Waals surface area contributed by atoms with E-state index in [1.165, 1.54) is 0 Å². The second-order valence-corrected chi connectivity index (χ2v) is 6.15. The normalized spacial score (nSPS) is 17.9. The van der Waals surface area contributed by atoms with E-state index in [4.69, 9.17) is 22.1 Å². The number of hydrogen-bond acceptors (Lipinski definition) is 6. The first-order chi connectivity index (χ1) is 8.08. The molecule has 0 aliphatic carbocycles. The molecule has 0 aromatic heterocycles. The van der Waals surface area contributed by atoms with Crippen molar-refractivity contribution in [2.24, 2.45) is 0 Å². The Labute approximate surface area is 106 Å². The van der Waals surface area contributed by atoms with Gasteiger partial charge in [-0.15, -0.1) is 0 Å². The van der Waals surface area contributed by atoms with E-state index in [0.29, 0.717) is 6.42 Å². The zero-order valence-electron chi connectivity index (χ0n) is 9.69. The summed E-state index contributed by atoms with van der Waals surface area (Å²) < 4.78 is 60.9. The number of rotatable bonds is 4. The lowest BCUT2D eigenvalue weighted by molar-refractivity contribution is 0.241. The van der Waals surface area contributed by atoms with E-state index in [9.17, 15) is 8.42 Å². The van der Waals surface area contributed by atoms with Crippen LogP contribution in [-0.2, 0) is 20.5 Å². The maximum Gasteiger partial charge on any atom is 0.394 e. The molecule has 1 aliphatic rings. The molecule has 0 aromatic rings. The molecule has 1 aliphatic heterocycles. The topological polar surface area (TPSA) is 144 Å². The molecule has 0 bridgehead atoms. The minimum Gasteiger partial charge on any atom is -0.314 e. The highest BCUT2D eigenvalue weighted by atomic mass is 32.3. The van der Waals surface area contributed by atoms with Gasteiger partial charge in [-0.05, 0) is 13.0 Å². The summed E-state index contributed by atoms with van der Waals surface area (Å²) in [5.41, 5.74) is 0. The molecule has 1 fully saturated rings. The Balaban J connectivity index is 0.000000494. The second-order valence-electron chi connectivity index (χ2n) is 3.68. The van der Waals surface area contributed by atoms with E-state index in [-0.39, 0.29) is 5.75 Å². The molecule has 11 heteroatoms. The molecule has 9 nitrogen and oxygen atoms in total. The van der Waals surface area contributed by atoms with Crippen LogP contribution >= 0.6 is 0 Å². The van der Waals surface area contributed by atoms with Gasteiger partial charge < -0.3 is 10.2 Å². The fourth-order valence-electron chi connectivity index (χ4n) is 1.41. The van der Waals surface area contributed by atoms with Crippen LogP contribution in [0.2, 0.25) is 0 Å². The van der Waals surface area contributed by atoms with Crippen molar-refractivity contribution in [2.45, 2.75) is 6.42 Å². The van der Waals surface area contributed by atoms with Gasteiger partial charge in [-0.1, -0.05) is 0 Å². The highest BCUT2D eigenvalue weighted by Gasteiger charge is 2.10. The largest absolute Gasteiger partial charge is 0.394 e. The van der Waals surface area contributed by atoms with E-state index in [0.717, 1.165) is 32.7 Å². The molecule has 0 aromatic carbocycles. The van der Waals surface area contributed by atoms with E-state index in [1.54, 1.807) is 0 Å². The van der Waals surface area contributed by atoms with Crippen LogP contribution in [0.4, 0.5) is 0 Å². The molecule has 4 N–H and O–H groups in total. The van der Waals surface area contributed by atoms with E-state index >= 15 is 0 Å². The monoisotopic (exact) mass is 306 g/mol. The standard InChI is InChI=1S/C7H16N2O3S.H2O4S/c10-13(11,12)7-1-4-9-5-2-8-3-6-9;1-5(2,3)4/h8H,1-7H2,(H,10,11,12);(H2,1,2,3,4). The van der Waals surface area contributed by atoms with E-state index in [1.807, 2.05) is 0 Å². The van der Waals surface area contributed by atoms with Crippen LogP contribution in [0.25, 0.3) is 0 Å². The summed E-state index contributed by atoms with van der Waals surface area (Å²) in [5.74, 6) is -0.128. The molecule has 1 rings (SSSR count). The van der Waals surface area contributed by atoms with Crippen molar-refractivity contribution >= 4 is 20.5 Å². The number of piperazine rings is 1. The number of hydrogen-bond donors (Lipinski definition) is 4. The summed E-state index contributed by atoms with van der Waals surface area (Å²) in [6, 6.07) is 0. The SMILES string of the molecule is O=S(=O)(O)CCCN1CCNCC1.O=S(=O)(O)O. The molecular formula is C7H18N2O7S2. The summed E-state index contributed by atoms with van der Waals surface area (Å²) in [4.78, 5) is 2.20. The Bertz CT molecular complexity index is 405. The smallest absolute Gasteiger partial charge is 0.314 e. The molecule has 1 saturated heterocycles. The summed E-state index contributed by atoms with van der Waals surface area (Å²) in [6.45, 7) is 4.61. The molecule has 0 unspecified atom stereocenters. The fraction of sp³-hybridized carbons (Fsp3) is 1.00. The van der Waals surface area contributed by atoms with Crippen LogP contribution in [0.5, 0.6) is 0 Å². The third-order valence-electron chi connectivity index (χ3n) is 2.09. The minimum absolute atomic E-state index is 0.128. The molecule has 0 amide bonds. The number of nitrogens with one attached hydrogen (secondary N) is 1. The summed E-state index contributed by atoms with van der Waals surface area (Å²) >= 11 is 0. The maximum atomic E-state index is 10.4. The molecule has 110 valence electrons. The Kier molecular flexibility index (Phi) is 7.86. The molecule has 0 saturated carbocycles. The molecule has 18 heavy (non-hydrogen) atoms. The van der Waals surface area contributed by atoms with Crippen LogP contribution in [0.15, 0.2) is 0 Å². The average Bonchev–Trinajstić information content (AvgIpc) is 2.14. The van der Waals surface area contributed by atoms with Gasteiger partial charge in [0.2, 0.25) is 0 Å². The second kappa shape index (κ2) is 7.99. The summed E-state index contributed by atoms with van der Waals surface area (Å²) in [6.07, 6.45) is 0.513. The number of nitrogens with zero attached hydrogens (tertiary/aromatic N) is 1. The Morgan fingerprint density at radius 1 is 1.00 bits per heavy atom. The van der Waals surface area contributed by atoms with Gasteiger partial charge in [0.25, 0.3) is 10.1 Å². The highest BCUT2D eigenvalue weighted by molar-refractivity contribution is 7.85. The van der Waals surface area contributed by atoms with Crippen LogP contribution in [0, 0.1) is 0 Å². The Morgan fingerprint density at radius 3 is 1.83 bits per heavy atom. The van der Waals surface area contributed by atoms with Crippen molar-refractivity contribution in [3.05, 3.63) is 0 Å². The first-order valence-electron chi connectivity index (χ1n) is 5.16. The first-order valence-corrected chi connectivity index (χ1v) is 8.16. The van der Waals surface area contributed by atoms with Crippen molar-refractivity contribution in [2.75, 3.05) is 38.5 Å². The zero-order chi connectivity index (χ0) is 14.2. The van der Waals surface area contributed by atoms with Crippen molar-refractivity contribution in [3.8, 4) is 0 Å². The quantitative estimate of drug-likeness (QED) is 0.457. The van der Waals surface area contributed by atoms with Gasteiger partial charge in [0.1, 0.15) is 0 Å². The van der Waals surface area contributed by atoms with Gasteiger partial charge in [-0.25, -0.2) is 0 Å². The Morgan fingerprint density at radius 2 is 1.44 bits per heavy atom. The minimum atomic E-state index is -4.67. The van der Waals surface area contributed by atoms with Crippen molar-refractivity contribution in [1.82, 2.24) is 10.2 Å². The van der Waals surface area contributed by atoms with Gasteiger partial charge >= 0.3 is 10.4 Å². The molecular weight excluding hydrogens is 288 g/mol. The van der Waals surface area contributed by atoms with E-state index in [2.05, 4.69) is 10.2 Å². The molecule has 1 heterocycles. The lowest BCUT2D eigenvalue weighted by Crippen LogP contribution is -2.44. The lowest BCUT2D eigenvalue weighted by Gasteiger charge is -2.26. The van der Waals surface area contributed by atoms with Gasteiger partial charge in [0.05, 0.1) is 5.75 Å². The lowest BCUT2D eigenvalue weighted by atomic mass is 10.3. The first kappa shape index (κ1) is 17.7. The predicted molar refractivity (Wildman–Crippen MR) is 64.5 cm³/mol. The Hall–Kier alpha value is -0.300. The van der Waals surface area contributed by atoms with Gasteiger partial charge in [-0.2, -0.15) is 16.8 Å². The van der Waals surface area contributed by atoms with Crippen LogP contribution in [-0.4, -0.2) is 73.9 Å². The van der Waals surface area contributed by atoms with Crippen LogP contribution in [0.1, 0.15) is 6.42 Å². The van der Waals surface area contributed by atoms with Gasteiger partial charge in [-0.3, -0.25) is 13.7 Å². The fourth-order valence-corrected chi connectivity index (χ4v) is 1.90. The summed E-state index contributed by atoms with van der Waals surface area (Å²) in [5, 5.41) is 3.21. The highest BCUT2D eigenvalue weighted by Crippen LogP contribution is 1.96. The molecule has 0 atom stereocenters. The third kappa shape index (κ3) is 15.7. The molecule has 0 radical (unpaired) electrons. The van der Waals surface area contributed by atoms with Crippen LogP contribution < -0.4 is 5.32 Å². The predicted octanol–water partition coefficient (Wildman–Crippen LogP) is -1.48. The maximum absolute atomic E-state index is 10.4. The van der Waals surface area contributed by atoms with E-state index < -0.39 is 20.5 Å².